The highest BCUT2D eigenvalue weighted by Gasteiger charge is 2.12. The van der Waals surface area contributed by atoms with Crippen molar-refractivity contribution in [3.8, 4) is 5.88 Å². The first-order chi connectivity index (χ1) is 9.97. The maximum atomic E-state index is 11.7. The van der Waals surface area contributed by atoms with Crippen molar-refractivity contribution < 1.29 is 9.90 Å². The Bertz CT molecular complexity index is 632. The number of unbranched alkanes of at least 4 members (excludes halogenated alkanes) is 3. The van der Waals surface area contributed by atoms with Crippen molar-refractivity contribution in [2.45, 2.75) is 39.2 Å². The number of nitrogens with one attached hydrogen (secondary N) is 2. The van der Waals surface area contributed by atoms with Crippen LogP contribution in [0.1, 0.15) is 38.2 Å². The third kappa shape index (κ3) is 4.79. The van der Waals surface area contributed by atoms with Crippen LogP contribution in [0, 0.1) is 0 Å². The number of aromatic amines is 1. The number of primary amides is 1. The minimum Gasteiger partial charge on any atom is -0.494 e. The highest BCUT2D eigenvalue weighted by molar-refractivity contribution is 5.83. The van der Waals surface area contributed by atoms with E-state index in [9.17, 15) is 19.5 Å². The number of nitrogens with zero attached hydrogens (tertiary/aromatic N) is 2. The Morgan fingerprint density at radius 2 is 2.14 bits per heavy atom. The van der Waals surface area contributed by atoms with Crippen molar-refractivity contribution in [2.75, 3.05) is 0 Å². The first kappa shape index (κ1) is 16.5. The van der Waals surface area contributed by atoms with E-state index in [1.54, 1.807) is 0 Å². The summed E-state index contributed by atoms with van der Waals surface area (Å²) in [4.78, 5) is 35.8. The molecule has 0 bridgehead atoms. The number of hydrogen-bond acceptors (Lipinski definition) is 5. The van der Waals surface area contributed by atoms with Gasteiger partial charge in [-0.3, -0.25) is 14.3 Å². The molecule has 0 atom stereocenters. The number of hydrazone groups is 1. The number of nitrogens with two attached hydrogens (primary N) is 1. The lowest BCUT2D eigenvalue weighted by Gasteiger charge is -2.09. The Hall–Kier alpha value is -2.58. The molecule has 0 fully saturated rings. The van der Waals surface area contributed by atoms with E-state index in [4.69, 9.17) is 5.73 Å². The standard InChI is InChI=1S/C12H19N5O4/c1-2-3-4-5-6-17-10(19)8(7-14-16-11(13)20)9(18)15-12(17)21/h7,19H,2-6H2,1H3,(H3,13,16,20)(H,15,18,21)/b14-7+. The van der Waals surface area contributed by atoms with Crippen molar-refractivity contribution in [1.82, 2.24) is 15.0 Å². The van der Waals surface area contributed by atoms with E-state index in [-0.39, 0.29) is 12.1 Å². The first-order valence-corrected chi connectivity index (χ1v) is 6.62. The molecule has 0 saturated heterocycles. The van der Waals surface area contributed by atoms with Crippen LogP contribution in [0.15, 0.2) is 14.7 Å². The zero-order chi connectivity index (χ0) is 15.8. The summed E-state index contributed by atoms with van der Waals surface area (Å²) in [5.74, 6) is -0.490. The molecule has 1 aromatic heterocycles. The molecule has 1 aromatic rings. The molecule has 0 unspecified atom stereocenters. The summed E-state index contributed by atoms with van der Waals surface area (Å²) in [6, 6.07) is -0.907. The van der Waals surface area contributed by atoms with Gasteiger partial charge >= 0.3 is 11.7 Å². The van der Waals surface area contributed by atoms with Gasteiger partial charge in [0.05, 0.1) is 6.21 Å². The van der Waals surface area contributed by atoms with E-state index in [1.165, 1.54) is 0 Å². The lowest BCUT2D eigenvalue weighted by Crippen LogP contribution is -2.32. The van der Waals surface area contributed by atoms with Crippen molar-refractivity contribution in [2.24, 2.45) is 10.8 Å². The Kier molecular flexibility index (Phi) is 6.18. The number of rotatable bonds is 7. The lowest BCUT2D eigenvalue weighted by molar-refractivity contribution is 0.249. The Balaban J connectivity index is 2.99. The van der Waals surface area contributed by atoms with Crippen LogP contribution in [0.2, 0.25) is 0 Å². The van der Waals surface area contributed by atoms with Crippen molar-refractivity contribution >= 4 is 12.2 Å². The second kappa shape index (κ2) is 7.88. The second-order valence-corrected chi connectivity index (χ2v) is 4.44. The molecule has 0 spiro atoms. The summed E-state index contributed by atoms with van der Waals surface area (Å²) in [6.45, 7) is 2.34. The van der Waals surface area contributed by atoms with Crippen molar-refractivity contribution in [1.29, 1.82) is 0 Å². The number of carbonyl (C=O) groups is 1. The highest BCUT2D eigenvalue weighted by atomic mass is 16.3. The number of carbonyl (C=O) groups excluding carboxylic acids is 1. The van der Waals surface area contributed by atoms with Gasteiger partial charge in [-0.2, -0.15) is 5.10 Å². The molecule has 9 heteroatoms. The Morgan fingerprint density at radius 3 is 2.76 bits per heavy atom. The zero-order valence-corrected chi connectivity index (χ0v) is 11.8. The normalized spacial score (nSPS) is 10.9. The fraction of sp³-hybridized carbons (Fsp3) is 0.500. The average Bonchev–Trinajstić information content (AvgIpc) is 2.41. The fourth-order valence-corrected chi connectivity index (χ4v) is 1.76. The zero-order valence-electron chi connectivity index (χ0n) is 11.8. The monoisotopic (exact) mass is 297 g/mol. The summed E-state index contributed by atoms with van der Waals surface area (Å²) in [5.41, 5.74) is 5.01. The summed E-state index contributed by atoms with van der Waals surface area (Å²) in [6.07, 6.45) is 4.61. The Labute approximate surface area is 120 Å². The molecule has 1 rings (SSSR count). The van der Waals surface area contributed by atoms with Gasteiger partial charge in [0.15, 0.2) is 0 Å². The predicted molar refractivity (Wildman–Crippen MR) is 77.4 cm³/mol. The molecule has 9 nitrogen and oxygen atoms in total. The molecule has 0 aliphatic heterocycles. The molecule has 0 radical (unpaired) electrons. The number of amides is 2. The lowest BCUT2D eigenvalue weighted by atomic mass is 10.2. The molecule has 1 heterocycles. The third-order valence-corrected chi connectivity index (χ3v) is 2.81. The summed E-state index contributed by atoms with van der Waals surface area (Å²) in [5, 5.41) is 13.4. The molecule has 116 valence electrons. The van der Waals surface area contributed by atoms with Crippen molar-refractivity contribution in [3.05, 3.63) is 26.4 Å². The van der Waals surface area contributed by atoms with Gasteiger partial charge in [-0.05, 0) is 6.42 Å². The topological polar surface area (TPSA) is 143 Å². The fourth-order valence-electron chi connectivity index (χ4n) is 1.76. The number of aromatic nitrogens is 2. The van der Waals surface area contributed by atoms with Crippen molar-refractivity contribution in [3.63, 3.8) is 0 Å². The van der Waals surface area contributed by atoms with E-state index < -0.39 is 23.2 Å². The van der Waals surface area contributed by atoms with Gasteiger partial charge in [-0.15, -0.1) is 0 Å². The Morgan fingerprint density at radius 1 is 1.43 bits per heavy atom. The third-order valence-electron chi connectivity index (χ3n) is 2.81. The molecular formula is C12H19N5O4. The van der Waals surface area contributed by atoms with Crippen LogP contribution in [0.3, 0.4) is 0 Å². The summed E-state index contributed by atoms with van der Waals surface area (Å²) >= 11 is 0. The second-order valence-electron chi connectivity index (χ2n) is 4.44. The van der Waals surface area contributed by atoms with Gasteiger partial charge in [0.1, 0.15) is 5.56 Å². The number of urea groups is 1. The molecular weight excluding hydrogens is 278 g/mol. The van der Waals surface area contributed by atoms with Gasteiger partial charge in [0.25, 0.3) is 5.56 Å². The van der Waals surface area contributed by atoms with E-state index in [1.807, 2.05) is 5.43 Å². The van der Waals surface area contributed by atoms with E-state index >= 15 is 0 Å². The molecule has 5 N–H and O–H groups in total. The molecule has 0 saturated carbocycles. The number of H-pyrrole nitrogens is 1. The van der Waals surface area contributed by atoms with Gasteiger partial charge in [0, 0.05) is 6.54 Å². The van der Waals surface area contributed by atoms with Crippen LogP contribution in [0.4, 0.5) is 4.79 Å². The molecule has 0 aromatic carbocycles. The molecule has 2 amide bonds. The quantitative estimate of drug-likeness (QED) is 0.314. The van der Waals surface area contributed by atoms with Gasteiger partial charge in [-0.1, -0.05) is 26.2 Å². The van der Waals surface area contributed by atoms with Crippen LogP contribution in [-0.4, -0.2) is 26.9 Å². The average molecular weight is 297 g/mol. The minimum absolute atomic E-state index is 0.223. The van der Waals surface area contributed by atoms with Gasteiger partial charge < -0.3 is 10.8 Å². The first-order valence-electron chi connectivity index (χ1n) is 6.62. The maximum Gasteiger partial charge on any atom is 0.332 e. The molecule has 21 heavy (non-hydrogen) atoms. The summed E-state index contributed by atoms with van der Waals surface area (Å²) in [7, 11) is 0. The number of aromatic hydroxyl groups is 1. The predicted octanol–water partition coefficient (Wildman–Crippen LogP) is -0.175. The van der Waals surface area contributed by atoms with Gasteiger partial charge in [0.2, 0.25) is 5.88 Å². The number of hydrogen-bond donors (Lipinski definition) is 4. The highest BCUT2D eigenvalue weighted by Crippen LogP contribution is 2.09. The van der Waals surface area contributed by atoms with Gasteiger partial charge in [-0.25, -0.2) is 15.0 Å². The SMILES string of the molecule is CCCCCCn1c(O)c(/C=N/NC(N)=O)c(=O)[nH]c1=O. The molecule has 0 aliphatic carbocycles. The minimum atomic E-state index is -0.907. The van der Waals surface area contributed by atoms with Crippen LogP contribution >= 0.6 is 0 Å². The van der Waals surface area contributed by atoms with Crippen LogP contribution < -0.4 is 22.4 Å². The van der Waals surface area contributed by atoms with E-state index in [2.05, 4.69) is 17.0 Å². The smallest absolute Gasteiger partial charge is 0.332 e. The largest absolute Gasteiger partial charge is 0.494 e. The van der Waals surface area contributed by atoms with Crippen LogP contribution in [0.25, 0.3) is 0 Å². The van der Waals surface area contributed by atoms with Crippen LogP contribution in [-0.2, 0) is 6.54 Å². The molecule has 0 aliphatic rings. The maximum absolute atomic E-state index is 11.7. The summed E-state index contributed by atoms with van der Waals surface area (Å²) < 4.78 is 1.06. The van der Waals surface area contributed by atoms with E-state index in [0.29, 0.717) is 6.42 Å². The van der Waals surface area contributed by atoms with Crippen LogP contribution in [0.5, 0.6) is 5.88 Å². The van der Waals surface area contributed by atoms with E-state index in [0.717, 1.165) is 30.0 Å².